The molecule has 0 bridgehead atoms. The molecule has 1 N–H and O–H groups in total. The second-order valence-electron chi connectivity index (χ2n) is 4.53. The number of nitrogens with one attached hydrogen (secondary N) is 1. The van der Waals surface area contributed by atoms with Crippen molar-refractivity contribution in [1.82, 2.24) is 5.32 Å². The van der Waals surface area contributed by atoms with E-state index in [-0.39, 0.29) is 5.91 Å². The van der Waals surface area contributed by atoms with Crippen LogP contribution in [0.3, 0.4) is 0 Å². The largest absolute Gasteiger partial charge is 0.352 e. The van der Waals surface area contributed by atoms with Gasteiger partial charge in [0.25, 0.3) is 0 Å². The third-order valence-corrected chi connectivity index (χ3v) is 4.18. The molecule has 2 nitrogen and oxygen atoms in total. The molecule has 0 atom stereocenters. The van der Waals surface area contributed by atoms with Gasteiger partial charge in [0, 0.05) is 17.8 Å². The lowest BCUT2D eigenvalue weighted by Gasteiger charge is -2.05. The second-order valence-corrected chi connectivity index (χ2v) is 5.61. The SMILES string of the molecule is CCCCCCC(=O)NCc1csc(C)c1C. The number of unbranched alkanes of at least 4 members (excludes halogenated alkanes) is 3. The Morgan fingerprint density at radius 1 is 1.29 bits per heavy atom. The molecule has 0 aliphatic heterocycles. The molecule has 0 saturated heterocycles. The van der Waals surface area contributed by atoms with Crippen molar-refractivity contribution in [2.45, 2.75) is 59.4 Å². The maximum atomic E-state index is 11.6. The maximum absolute atomic E-state index is 11.6. The normalized spacial score (nSPS) is 10.5. The van der Waals surface area contributed by atoms with Gasteiger partial charge in [0.05, 0.1) is 0 Å². The van der Waals surface area contributed by atoms with Crippen LogP contribution < -0.4 is 5.32 Å². The first-order chi connectivity index (χ1) is 8.15. The third kappa shape index (κ3) is 4.90. The highest BCUT2D eigenvalue weighted by Gasteiger charge is 2.05. The molecule has 0 spiro atoms. The summed E-state index contributed by atoms with van der Waals surface area (Å²) in [6.07, 6.45) is 5.30. The number of rotatable bonds is 7. The van der Waals surface area contributed by atoms with Crippen molar-refractivity contribution in [2.24, 2.45) is 0 Å². The lowest BCUT2D eigenvalue weighted by molar-refractivity contribution is -0.121. The molecule has 0 fully saturated rings. The molecular formula is C14H23NOS. The van der Waals surface area contributed by atoms with Gasteiger partial charge in [-0.05, 0) is 36.8 Å². The topological polar surface area (TPSA) is 29.1 Å². The number of carbonyl (C=O) groups excluding carboxylic acids is 1. The van der Waals surface area contributed by atoms with Crippen LogP contribution in [0.25, 0.3) is 0 Å². The van der Waals surface area contributed by atoms with Gasteiger partial charge in [-0.2, -0.15) is 0 Å². The van der Waals surface area contributed by atoms with Gasteiger partial charge in [0.1, 0.15) is 0 Å². The van der Waals surface area contributed by atoms with Crippen molar-refractivity contribution in [3.05, 3.63) is 21.4 Å². The molecule has 1 aromatic heterocycles. The van der Waals surface area contributed by atoms with Crippen LogP contribution in [0, 0.1) is 13.8 Å². The Kier molecular flexibility index (Phi) is 6.27. The van der Waals surface area contributed by atoms with E-state index < -0.39 is 0 Å². The van der Waals surface area contributed by atoms with Crippen molar-refractivity contribution >= 4 is 17.2 Å². The van der Waals surface area contributed by atoms with Crippen LogP contribution in [0.1, 0.15) is 55.0 Å². The Bertz CT molecular complexity index is 357. The molecule has 0 saturated carbocycles. The van der Waals surface area contributed by atoms with Gasteiger partial charge in [0.2, 0.25) is 5.91 Å². The zero-order valence-corrected chi connectivity index (χ0v) is 12.0. The number of hydrogen-bond acceptors (Lipinski definition) is 2. The van der Waals surface area contributed by atoms with Crippen LogP contribution in [0.5, 0.6) is 0 Å². The highest BCUT2D eigenvalue weighted by atomic mass is 32.1. The van der Waals surface area contributed by atoms with E-state index in [0.29, 0.717) is 13.0 Å². The Balaban J connectivity index is 2.22. The highest BCUT2D eigenvalue weighted by molar-refractivity contribution is 7.10. The van der Waals surface area contributed by atoms with E-state index in [1.54, 1.807) is 11.3 Å². The Hall–Kier alpha value is -0.830. The number of amides is 1. The van der Waals surface area contributed by atoms with Crippen LogP contribution >= 0.6 is 11.3 Å². The average molecular weight is 253 g/mol. The smallest absolute Gasteiger partial charge is 0.220 e. The van der Waals surface area contributed by atoms with Gasteiger partial charge in [-0.3, -0.25) is 4.79 Å². The fourth-order valence-corrected chi connectivity index (χ4v) is 2.62. The molecule has 1 rings (SSSR count). The van der Waals surface area contributed by atoms with Crippen molar-refractivity contribution in [3.63, 3.8) is 0 Å². The Morgan fingerprint density at radius 2 is 2.06 bits per heavy atom. The van der Waals surface area contributed by atoms with Gasteiger partial charge in [-0.25, -0.2) is 0 Å². The lowest BCUT2D eigenvalue weighted by atomic mass is 10.1. The summed E-state index contributed by atoms with van der Waals surface area (Å²) >= 11 is 1.76. The Morgan fingerprint density at radius 3 is 2.65 bits per heavy atom. The number of thiophene rings is 1. The van der Waals surface area contributed by atoms with E-state index in [4.69, 9.17) is 0 Å². The number of aryl methyl sites for hydroxylation is 1. The zero-order valence-electron chi connectivity index (χ0n) is 11.1. The summed E-state index contributed by atoms with van der Waals surface area (Å²) in [7, 11) is 0. The molecule has 1 heterocycles. The van der Waals surface area contributed by atoms with E-state index in [1.165, 1.54) is 35.3 Å². The standard InChI is InChI=1S/C14H23NOS/c1-4-5-6-7-8-14(16)15-9-13-10-17-12(3)11(13)2/h10H,4-9H2,1-3H3,(H,15,16). The van der Waals surface area contributed by atoms with Gasteiger partial charge in [-0.15, -0.1) is 11.3 Å². The molecule has 17 heavy (non-hydrogen) atoms. The molecule has 0 aliphatic carbocycles. The summed E-state index contributed by atoms with van der Waals surface area (Å²) < 4.78 is 0. The molecule has 0 unspecified atom stereocenters. The molecule has 0 aromatic carbocycles. The first-order valence-electron chi connectivity index (χ1n) is 6.45. The lowest BCUT2D eigenvalue weighted by Crippen LogP contribution is -2.22. The second kappa shape index (κ2) is 7.49. The molecule has 0 aliphatic rings. The van der Waals surface area contributed by atoms with Gasteiger partial charge in [-0.1, -0.05) is 26.2 Å². The maximum Gasteiger partial charge on any atom is 0.220 e. The average Bonchev–Trinajstić information content (AvgIpc) is 2.63. The van der Waals surface area contributed by atoms with Crippen molar-refractivity contribution in [1.29, 1.82) is 0 Å². The monoisotopic (exact) mass is 253 g/mol. The molecule has 0 radical (unpaired) electrons. The quantitative estimate of drug-likeness (QED) is 0.732. The van der Waals surface area contributed by atoms with E-state index >= 15 is 0 Å². The Labute approximate surface area is 108 Å². The zero-order chi connectivity index (χ0) is 12.7. The summed E-state index contributed by atoms with van der Waals surface area (Å²) in [6, 6.07) is 0. The van der Waals surface area contributed by atoms with Crippen LogP contribution in [0.15, 0.2) is 5.38 Å². The van der Waals surface area contributed by atoms with Crippen molar-refractivity contribution in [2.75, 3.05) is 0 Å². The van der Waals surface area contributed by atoms with Crippen LogP contribution in [-0.2, 0) is 11.3 Å². The molecule has 1 amide bonds. The van der Waals surface area contributed by atoms with Gasteiger partial charge in [0.15, 0.2) is 0 Å². The predicted molar refractivity (Wildman–Crippen MR) is 74.4 cm³/mol. The van der Waals surface area contributed by atoms with Crippen molar-refractivity contribution < 1.29 is 4.79 Å². The summed E-state index contributed by atoms with van der Waals surface area (Å²) in [6.45, 7) is 7.11. The fourth-order valence-electron chi connectivity index (χ4n) is 1.73. The summed E-state index contributed by atoms with van der Waals surface area (Å²) in [5, 5.41) is 5.14. The molecule has 96 valence electrons. The van der Waals surface area contributed by atoms with E-state index in [1.807, 2.05) is 0 Å². The van der Waals surface area contributed by atoms with Gasteiger partial charge < -0.3 is 5.32 Å². The summed E-state index contributed by atoms with van der Waals surface area (Å²) in [5.41, 5.74) is 2.58. The molecule has 1 aromatic rings. The summed E-state index contributed by atoms with van der Waals surface area (Å²) in [4.78, 5) is 12.9. The van der Waals surface area contributed by atoms with Gasteiger partial charge >= 0.3 is 0 Å². The van der Waals surface area contributed by atoms with Crippen molar-refractivity contribution in [3.8, 4) is 0 Å². The molecule has 3 heteroatoms. The van der Waals surface area contributed by atoms with Crippen LogP contribution in [-0.4, -0.2) is 5.91 Å². The minimum Gasteiger partial charge on any atom is -0.352 e. The minimum atomic E-state index is 0.185. The highest BCUT2D eigenvalue weighted by Crippen LogP contribution is 2.20. The summed E-state index contributed by atoms with van der Waals surface area (Å²) in [5.74, 6) is 0.185. The minimum absolute atomic E-state index is 0.185. The predicted octanol–water partition coefficient (Wildman–Crippen LogP) is 3.95. The van der Waals surface area contributed by atoms with Crippen LogP contribution in [0.4, 0.5) is 0 Å². The number of carbonyl (C=O) groups is 1. The number of hydrogen-bond donors (Lipinski definition) is 1. The fraction of sp³-hybridized carbons (Fsp3) is 0.643. The first kappa shape index (κ1) is 14.2. The molecular weight excluding hydrogens is 230 g/mol. The third-order valence-electron chi connectivity index (χ3n) is 3.12. The van der Waals surface area contributed by atoms with E-state index in [0.717, 1.165) is 6.42 Å². The van der Waals surface area contributed by atoms with E-state index in [9.17, 15) is 4.79 Å². The van der Waals surface area contributed by atoms with Crippen LogP contribution in [0.2, 0.25) is 0 Å². The first-order valence-corrected chi connectivity index (χ1v) is 7.33. The van der Waals surface area contributed by atoms with E-state index in [2.05, 4.69) is 31.5 Å².